The van der Waals surface area contributed by atoms with Crippen LogP contribution in [0.1, 0.15) is 19.7 Å². The van der Waals surface area contributed by atoms with Gasteiger partial charge in [-0.05, 0) is 15.8 Å². The first-order valence-electron chi connectivity index (χ1n) is 3.65. The van der Waals surface area contributed by atoms with E-state index in [1.54, 1.807) is 0 Å². The van der Waals surface area contributed by atoms with Crippen LogP contribution >= 0.6 is 0 Å². The summed E-state index contributed by atoms with van der Waals surface area (Å²) in [5.41, 5.74) is 0. The molecule has 6 nitrogen and oxygen atoms in total. The van der Waals surface area contributed by atoms with E-state index in [0.29, 0.717) is 18.2 Å². The Morgan fingerprint density at radius 3 is 2.75 bits per heavy atom. The fourth-order valence-corrected chi connectivity index (χ4v) is 0.825. The first-order chi connectivity index (χ1) is 5.59. The predicted molar refractivity (Wildman–Crippen MR) is 41.6 cm³/mol. The summed E-state index contributed by atoms with van der Waals surface area (Å²) in [4.78, 5) is 13.3. The fourth-order valence-electron chi connectivity index (χ4n) is 0.825. The normalized spacial score (nSPS) is 10.6. The van der Waals surface area contributed by atoms with Crippen molar-refractivity contribution in [3.63, 3.8) is 0 Å². The minimum absolute atomic E-state index is 0.286. The van der Waals surface area contributed by atoms with E-state index >= 15 is 0 Å². The van der Waals surface area contributed by atoms with Crippen LogP contribution in [0.2, 0.25) is 0 Å². The predicted octanol–water partition coefficient (Wildman–Crippen LogP) is 0.911. The Morgan fingerprint density at radius 1 is 1.67 bits per heavy atom. The van der Waals surface area contributed by atoms with Gasteiger partial charge < -0.3 is 10.1 Å². The van der Waals surface area contributed by atoms with Gasteiger partial charge in [-0.1, -0.05) is 18.9 Å². The number of aromatic nitrogens is 3. The summed E-state index contributed by atoms with van der Waals surface area (Å²) >= 11 is 0. The molecule has 1 aromatic heterocycles. The second-order valence-corrected chi connectivity index (χ2v) is 2.93. The number of nitrogens with one attached hydrogen (secondary N) is 1. The van der Waals surface area contributed by atoms with E-state index in [4.69, 9.17) is 0 Å². The van der Waals surface area contributed by atoms with Crippen molar-refractivity contribution in [2.75, 3.05) is 0 Å². The van der Waals surface area contributed by atoms with E-state index in [1.807, 2.05) is 13.8 Å². The van der Waals surface area contributed by atoms with Gasteiger partial charge in [0.25, 0.3) is 0 Å². The van der Waals surface area contributed by atoms with Gasteiger partial charge in [-0.15, -0.1) is 5.10 Å². The van der Waals surface area contributed by atoms with Gasteiger partial charge in [-0.25, -0.2) is 0 Å². The third-order valence-corrected chi connectivity index (χ3v) is 1.28. The van der Waals surface area contributed by atoms with Crippen molar-refractivity contribution in [3.05, 3.63) is 15.9 Å². The quantitative estimate of drug-likeness (QED) is 0.539. The van der Waals surface area contributed by atoms with Gasteiger partial charge in [-0.3, -0.25) is 0 Å². The molecule has 0 spiro atoms. The molecule has 0 atom stereocenters. The maximum atomic E-state index is 10.2. The minimum Gasteiger partial charge on any atom is -0.390 e. The van der Waals surface area contributed by atoms with Gasteiger partial charge in [0.1, 0.15) is 0 Å². The first kappa shape index (κ1) is 8.63. The maximum Gasteiger partial charge on any atom is 0.453 e. The lowest BCUT2D eigenvalue weighted by molar-refractivity contribution is -0.394. The van der Waals surface area contributed by atoms with Crippen LogP contribution in [0.15, 0.2) is 0 Å². The number of hydrogen-bond acceptors (Lipinski definition) is 4. The van der Waals surface area contributed by atoms with Gasteiger partial charge in [-0.2, -0.15) is 0 Å². The SMILES string of the molecule is CC(C)Cc1n[nH]c([N+](=O)[O-])n1. The monoisotopic (exact) mass is 170 g/mol. The molecule has 0 fully saturated rings. The molecule has 0 unspecified atom stereocenters. The number of aromatic amines is 1. The lowest BCUT2D eigenvalue weighted by Gasteiger charge is -1.93. The number of nitrogens with zero attached hydrogens (tertiary/aromatic N) is 3. The van der Waals surface area contributed by atoms with Crippen LogP contribution in [0.25, 0.3) is 0 Å². The van der Waals surface area contributed by atoms with E-state index in [-0.39, 0.29) is 5.95 Å². The third-order valence-electron chi connectivity index (χ3n) is 1.28. The molecule has 1 N–H and O–H groups in total. The average Bonchev–Trinajstić information content (AvgIpc) is 2.34. The Kier molecular flexibility index (Phi) is 2.37. The highest BCUT2D eigenvalue weighted by atomic mass is 16.6. The van der Waals surface area contributed by atoms with E-state index in [2.05, 4.69) is 15.2 Å². The molecule has 0 aliphatic carbocycles. The molecule has 66 valence electrons. The molecule has 12 heavy (non-hydrogen) atoms. The second-order valence-electron chi connectivity index (χ2n) is 2.93. The molecular weight excluding hydrogens is 160 g/mol. The van der Waals surface area contributed by atoms with Crippen LogP contribution in [0.3, 0.4) is 0 Å². The summed E-state index contributed by atoms with van der Waals surface area (Å²) in [5, 5.41) is 16.1. The second kappa shape index (κ2) is 3.29. The zero-order valence-electron chi connectivity index (χ0n) is 6.94. The molecule has 0 aliphatic rings. The highest BCUT2D eigenvalue weighted by molar-refractivity contribution is 5.02. The van der Waals surface area contributed by atoms with E-state index in [1.165, 1.54) is 0 Å². The highest BCUT2D eigenvalue weighted by Crippen LogP contribution is 2.06. The summed E-state index contributed by atoms with van der Waals surface area (Å²) in [6.07, 6.45) is 0.657. The Hall–Kier alpha value is -1.46. The minimum atomic E-state index is -0.586. The van der Waals surface area contributed by atoms with Crippen LogP contribution in [-0.4, -0.2) is 20.1 Å². The number of nitro groups is 1. The van der Waals surface area contributed by atoms with Crippen LogP contribution < -0.4 is 0 Å². The summed E-state index contributed by atoms with van der Waals surface area (Å²) in [5.74, 6) is 0.614. The molecule has 0 aliphatic heterocycles. The van der Waals surface area contributed by atoms with Crippen molar-refractivity contribution < 1.29 is 4.92 Å². The number of hydrogen-bond donors (Lipinski definition) is 1. The molecule has 1 heterocycles. The first-order valence-corrected chi connectivity index (χ1v) is 3.65. The standard InChI is InChI=1S/C6H10N4O2/c1-4(2)3-5-7-6(9-8-5)10(11)12/h4H,3H2,1-2H3,(H,7,8,9). The van der Waals surface area contributed by atoms with Crippen LogP contribution in [0.5, 0.6) is 0 Å². The molecule has 0 saturated carbocycles. The van der Waals surface area contributed by atoms with Crippen LogP contribution in [0.4, 0.5) is 5.95 Å². The Morgan fingerprint density at radius 2 is 2.33 bits per heavy atom. The number of rotatable bonds is 3. The molecule has 1 aromatic rings. The average molecular weight is 170 g/mol. The summed E-state index contributed by atoms with van der Waals surface area (Å²) in [7, 11) is 0. The van der Waals surface area contributed by atoms with Gasteiger partial charge in [0.15, 0.2) is 0 Å². The zero-order valence-corrected chi connectivity index (χ0v) is 6.94. The summed E-state index contributed by atoms with van der Waals surface area (Å²) in [6.45, 7) is 4.00. The molecule has 1 rings (SSSR count). The van der Waals surface area contributed by atoms with Crippen LogP contribution in [0, 0.1) is 16.0 Å². The zero-order chi connectivity index (χ0) is 9.14. The topological polar surface area (TPSA) is 84.7 Å². The Labute approximate surface area is 69.2 Å². The maximum absolute atomic E-state index is 10.2. The molecule has 0 amide bonds. The number of H-pyrrole nitrogens is 1. The molecule has 0 bridgehead atoms. The summed E-state index contributed by atoms with van der Waals surface area (Å²) < 4.78 is 0. The smallest absolute Gasteiger partial charge is 0.390 e. The van der Waals surface area contributed by atoms with Crippen molar-refractivity contribution in [1.29, 1.82) is 0 Å². The van der Waals surface area contributed by atoms with Gasteiger partial charge in [0, 0.05) is 6.42 Å². The van der Waals surface area contributed by atoms with E-state index in [0.717, 1.165) is 0 Å². The Balaban J connectivity index is 2.71. The lowest BCUT2D eigenvalue weighted by Crippen LogP contribution is -1.96. The molecular formula is C6H10N4O2. The van der Waals surface area contributed by atoms with Crippen molar-refractivity contribution in [2.45, 2.75) is 20.3 Å². The molecule has 0 saturated heterocycles. The van der Waals surface area contributed by atoms with E-state index < -0.39 is 4.92 Å². The van der Waals surface area contributed by atoms with Crippen molar-refractivity contribution in [2.24, 2.45) is 5.92 Å². The highest BCUT2D eigenvalue weighted by Gasteiger charge is 2.14. The van der Waals surface area contributed by atoms with Gasteiger partial charge in [0.05, 0.1) is 0 Å². The third kappa shape index (κ3) is 2.01. The Bertz CT molecular complexity index is 281. The van der Waals surface area contributed by atoms with Crippen molar-refractivity contribution in [3.8, 4) is 0 Å². The largest absolute Gasteiger partial charge is 0.453 e. The summed E-state index contributed by atoms with van der Waals surface area (Å²) in [6, 6.07) is 0. The molecule has 0 aromatic carbocycles. The lowest BCUT2D eigenvalue weighted by atomic mass is 10.1. The van der Waals surface area contributed by atoms with Gasteiger partial charge >= 0.3 is 5.95 Å². The van der Waals surface area contributed by atoms with Crippen molar-refractivity contribution in [1.82, 2.24) is 15.2 Å². The van der Waals surface area contributed by atoms with Crippen LogP contribution in [-0.2, 0) is 6.42 Å². The fraction of sp³-hybridized carbons (Fsp3) is 0.667. The van der Waals surface area contributed by atoms with Gasteiger partial charge in [0.2, 0.25) is 5.82 Å². The van der Waals surface area contributed by atoms with Crippen molar-refractivity contribution >= 4 is 5.95 Å². The van der Waals surface area contributed by atoms with E-state index in [9.17, 15) is 10.1 Å². The molecule has 6 heteroatoms. The molecule has 0 radical (unpaired) electrons.